The molecule has 2 aromatic carbocycles. The lowest BCUT2D eigenvalue weighted by Gasteiger charge is -2.19. The number of ether oxygens (including phenoxy) is 2. The van der Waals surface area contributed by atoms with E-state index in [1.807, 2.05) is 12.1 Å². The molecule has 0 saturated heterocycles. The third-order valence-electron chi connectivity index (χ3n) is 4.44. The Hall–Kier alpha value is -2.00. The number of hydrogen-bond donors (Lipinski definition) is 1. The van der Waals surface area contributed by atoms with Crippen molar-refractivity contribution in [2.45, 2.75) is 66.0 Å². The Labute approximate surface area is 165 Å². The third-order valence-corrected chi connectivity index (χ3v) is 4.44. The molecule has 0 aliphatic rings. The average Bonchev–Trinajstić information content (AvgIpc) is 2.65. The quantitative estimate of drug-likeness (QED) is 0.570. The van der Waals surface area contributed by atoms with Crippen LogP contribution in [-0.4, -0.2) is 13.2 Å². The molecule has 27 heavy (non-hydrogen) atoms. The van der Waals surface area contributed by atoms with Crippen molar-refractivity contribution in [1.29, 1.82) is 0 Å². The van der Waals surface area contributed by atoms with Crippen molar-refractivity contribution in [2.75, 3.05) is 13.2 Å². The molecule has 0 fully saturated rings. The number of nitrogens with one attached hydrogen (secondary N) is 1. The summed E-state index contributed by atoms with van der Waals surface area (Å²) in [7, 11) is 0. The van der Waals surface area contributed by atoms with Crippen molar-refractivity contribution in [3.63, 3.8) is 0 Å². The first-order valence-electron chi connectivity index (χ1n) is 10.1. The maximum absolute atomic E-state index is 5.94. The second-order valence-electron chi connectivity index (χ2n) is 8.02. The lowest BCUT2D eigenvalue weighted by Crippen LogP contribution is -2.15. The molecule has 0 atom stereocenters. The molecule has 0 amide bonds. The molecule has 0 bridgehead atoms. The summed E-state index contributed by atoms with van der Waals surface area (Å²) >= 11 is 0. The molecule has 0 unspecified atom stereocenters. The zero-order chi connectivity index (χ0) is 19.7. The van der Waals surface area contributed by atoms with Gasteiger partial charge in [-0.1, -0.05) is 65.0 Å². The van der Waals surface area contributed by atoms with Crippen molar-refractivity contribution in [2.24, 2.45) is 0 Å². The summed E-state index contributed by atoms with van der Waals surface area (Å²) in [5, 5.41) is 3.53. The summed E-state index contributed by atoms with van der Waals surface area (Å²) in [6.07, 6.45) is 2.00. The van der Waals surface area contributed by atoms with Crippen molar-refractivity contribution in [3.05, 3.63) is 59.2 Å². The van der Waals surface area contributed by atoms with E-state index in [1.165, 1.54) is 16.7 Å². The zero-order valence-corrected chi connectivity index (χ0v) is 17.6. The Morgan fingerprint density at radius 3 is 2.11 bits per heavy atom. The molecule has 0 aliphatic carbocycles. The van der Waals surface area contributed by atoms with Gasteiger partial charge in [-0.3, -0.25) is 0 Å². The topological polar surface area (TPSA) is 30.5 Å². The Kier molecular flexibility index (Phi) is 8.18. The summed E-state index contributed by atoms with van der Waals surface area (Å²) in [4.78, 5) is 0. The monoisotopic (exact) mass is 369 g/mol. The molecule has 0 aromatic heterocycles. The van der Waals surface area contributed by atoms with Crippen LogP contribution in [0.15, 0.2) is 42.5 Å². The minimum atomic E-state index is 0.194. The SMILES string of the molecule is CCCOc1ccc(CNCc2ccc(C(C)(C)C)cc2)c(OCCC)c1. The molecule has 0 heterocycles. The average molecular weight is 370 g/mol. The van der Waals surface area contributed by atoms with Gasteiger partial charge in [-0.15, -0.1) is 0 Å². The first-order valence-corrected chi connectivity index (χ1v) is 10.1. The van der Waals surface area contributed by atoms with Crippen LogP contribution in [0.5, 0.6) is 11.5 Å². The molecule has 0 spiro atoms. The predicted octanol–water partition coefficient (Wildman–Crippen LogP) is 5.85. The summed E-state index contributed by atoms with van der Waals surface area (Å²) < 4.78 is 11.7. The van der Waals surface area contributed by atoms with Gasteiger partial charge in [0.15, 0.2) is 0 Å². The van der Waals surface area contributed by atoms with E-state index in [1.54, 1.807) is 0 Å². The highest BCUT2D eigenvalue weighted by molar-refractivity contribution is 5.41. The van der Waals surface area contributed by atoms with Gasteiger partial charge in [0, 0.05) is 24.7 Å². The third kappa shape index (κ3) is 6.91. The van der Waals surface area contributed by atoms with E-state index in [0.717, 1.165) is 50.6 Å². The fourth-order valence-electron chi connectivity index (χ4n) is 2.80. The highest BCUT2D eigenvalue weighted by Gasteiger charge is 2.12. The van der Waals surface area contributed by atoms with Gasteiger partial charge in [0.25, 0.3) is 0 Å². The Morgan fingerprint density at radius 1 is 0.815 bits per heavy atom. The van der Waals surface area contributed by atoms with Crippen LogP contribution in [0.1, 0.15) is 64.2 Å². The van der Waals surface area contributed by atoms with Crippen LogP contribution < -0.4 is 14.8 Å². The number of hydrogen-bond acceptors (Lipinski definition) is 3. The van der Waals surface area contributed by atoms with Crippen LogP contribution in [0.3, 0.4) is 0 Å². The van der Waals surface area contributed by atoms with Gasteiger partial charge in [0.1, 0.15) is 11.5 Å². The van der Waals surface area contributed by atoms with Gasteiger partial charge in [-0.25, -0.2) is 0 Å². The highest BCUT2D eigenvalue weighted by Crippen LogP contribution is 2.26. The van der Waals surface area contributed by atoms with Crippen molar-refractivity contribution < 1.29 is 9.47 Å². The Morgan fingerprint density at radius 2 is 1.48 bits per heavy atom. The molecule has 3 nitrogen and oxygen atoms in total. The van der Waals surface area contributed by atoms with Crippen molar-refractivity contribution >= 4 is 0 Å². The predicted molar refractivity (Wildman–Crippen MR) is 114 cm³/mol. The normalized spacial score (nSPS) is 11.4. The van der Waals surface area contributed by atoms with E-state index in [9.17, 15) is 0 Å². The van der Waals surface area contributed by atoms with E-state index >= 15 is 0 Å². The maximum atomic E-state index is 5.94. The molecule has 0 aliphatic heterocycles. The standard InChI is InChI=1S/C24H35NO2/c1-6-14-26-22-13-10-20(23(16-22)27-15-7-2)18-25-17-19-8-11-21(12-9-19)24(3,4)5/h8-13,16,25H,6-7,14-15,17-18H2,1-5H3. The fourth-order valence-corrected chi connectivity index (χ4v) is 2.80. The summed E-state index contributed by atoms with van der Waals surface area (Å²) in [5.41, 5.74) is 4.02. The number of rotatable bonds is 10. The van der Waals surface area contributed by atoms with Crippen LogP contribution in [-0.2, 0) is 18.5 Å². The minimum absolute atomic E-state index is 0.194. The first kappa shape index (κ1) is 21.3. The molecule has 2 aromatic rings. The van der Waals surface area contributed by atoms with Gasteiger partial charge in [-0.05, 0) is 35.4 Å². The van der Waals surface area contributed by atoms with E-state index in [0.29, 0.717) is 0 Å². The van der Waals surface area contributed by atoms with Crippen molar-refractivity contribution in [1.82, 2.24) is 5.32 Å². The van der Waals surface area contributed by atoms with Crippen LogP contribution in [0.2, 0.25) is 0 Å². The van der Waals surface area contributed by atoms with Crippen LogP contribution in [0, 0.1) is 0 Å². The van der Waals surface area contributed by atoms with Gasteiger partial charge >= 0.3 is 0 Å². The van der Waals surface area contributed by atoms with Crippen LogP contribution in [0.4, 0.5) is 0 Å². The molecule has 0 saturated carbocycles. The maximum Gasteiger partial charge on any atom is 0.127 e. The fraction of sp³-hybridized carbons (Fsp3) is 0.500. The first-order chi connectivity index (χ1) is 12.9. The summed E-state index contributed by atoms with van der Waals surface area (Å²) in [6, 6.07) is 15.0. The molecule has 3 heteroatoms. The van der Waals surface area contributed by atoms with E-state index < -0.39 is 0 Å². The summed E-state index contributed by atoms with van der Waals surface area (Å²) in [5.74, 6) is 1.80. The second kappa shape index (κ2) is 10.4. The van der Waals surface area contributed by atoms with Gasteiger partial charge in [0.05, 0.1) is 13.2 Å². The van der Waals surface area contributed by atoms with Gasteiger partial charge in [-0.2, -0.15) is 0 Å². The smallest absolute Gasteiger partial charge is 0.127 e. The Balaban J connectivity index is 1.97. The molecular formula is C24H35NO2. The summed E-state index contributed by atoms with van der Waals surface area (Å²) in [6.45, 7) is 14.0. The minimum Gasteiger partial charge on any atom is -0.493 e. The molecule has 1 N–H and O–H groups in total. The molecule has 148 valence electrons. The van der Waals surface area contributed by atoms with Crippen molar-refractivity contribution in [3.8, 4) is 11.5 Å². The van der Waals surface area contributed by atoms with E-state index in [-0.39, 0.29) is 5.41 Å². The molecule has 2 rings (SSSR count). The molecular weight excluding hydrogens is 334 g/mol. The van der Waals surface area contributed by atoms with E-state index in [2.05, 4.69) is 70.3 Å². The van der Waals surface area contributed by atoms with Crippen LogP contribution in [0.25, 0.3) is 0 Å². The number of benzene rings is 2. The van der Waals surface area contributed by atoms with E-state index in [4.69, 9.17) is 9.47 Å². The van der Waals surface area contributed by atoms with Gasteiger partial charge in [0.2, 0.25) is 0 Å². The lowest BCUT2D eigenvalue weighted by atomic mass is 9.87. The Bertz CT molecular complexity index is 687. The second-order valence-corrected chi connectivity index (χ2v) is 8.02. The largest absolute Gasteiger partial charge is 0.493 e. The lowest BCUT2D eigenvalue weighted by molar-refractivity contribution is 0.299. The molecule has 0 radical (unpaired) electrons. The van der Waals surface area contributed by atoms with Crippen LogP contribution >= 0.6 is 0 Å². The highest BCUT2D eigenvalue weighted by atomic mass is 16.5. The zero-order valence-electron chi connectivity index (χ0n) is 17.6. The van der Waals surface area contributed by atoms with Gasteiger partial charge < -0.3 is 14.8 Å².